The summed E-state index contributed by atoms with van der Waals surface area (Å²) in [7, 11) is 0. The van der Waals surface area contributed by atoms with Crippen LogP contribution < -0.4 is 5.32 Å². The molecule has 2 N–H and O–H groups in total. The summed E-state index contributed by atoms with van der Waals surface area (Å²) in [4.78, 5) is 7.09. The van der Waals surface area contributed by atoms with Gasteiger partial charge in [-0.3, -0.25) is 4.90 Å². The average molecular weight is 426 g/mol. The van der Waals surface area contributed by atoms with E-state index >= 15 is 0 Å². The number of nitrogens with one attached hydrogen (secondary N) is 1. The minimum atomic E-state index is -0.107. The van der Waals surface area contributed by atoms with Crippen molar-refractivity contribution < 1.29 is 9.84 Å². The summed E-state index contributed by atoms with van der Waals surface area (Å²) >= 11 is 3.57. The van der Waals surface area contributed by atoms with Gasteiger partial charge < -0.3 is 15.2 Å². The Hall–Kier alpha value is -0.690. The molecule has 1 saturated carbocycles. The minimum Gasteiger partial charge on any atom is -0.393 e. The monoisotopic (exact) mass is 425 g/mol. The third-order valence-electron chi connectivity index (χ3n) is 5.29. The summed E-state index contributed by atoms with van der Waals surface area (Å²) < 4.78 is 6.72. The molecule has 0 bridgehead atoms. The van der Waals surface area contributed by atoms with Gasteiger partial charge in [0.25, 0.3) is 0 Å². The van der Waals surface area contributed by atoms with E-state index in [4.69, 9.17) is 4.74 Å². The molecule has 1 aliphatic heterocycles. The predicted molar refractivity (Wildman–Crippen MR) is 108 cm³/mol. The van der Waals surface area contributed by atoms with Gasteiger partial charge in [-0.05, 0) is 86.0 Å². The van der Waals surface area contributed by atoms with Crippen molar-refractivity contribution in [2.45, 2.75) is 83.3 Å². The van der Waals surface area contributed by atoms with Crippen LogP contribution in [0, 0.1) is 0 Å². The van der Waals surface area contributed by atoms with Crippen LogP contribution in [-0.4, -0.2) is 52.4 Å². The second-order valence-corrected chi connectivity index (χ2v) is 8.80. The summed E-state index contributed by atoms with van der Waals surface area (Å²) in [6.45, 7) is 7.15. The van der Waals surface area contributed by atoms with Crippen LogP contribution in [0.15, 0.2) is 16.7 Å². The molecule has 3 rings (SSSR count). The number of nitrogens with zero attached hydrogens (tertiary/aromatic N) is 2. The second-order valence-electron chi connectivity index (χ2n) is 7.99. The molecule has 1 aromatic heterocycles. The quantitative estimate of drug-likeness (QED) is 0.715. The van der Waals surface area contributed by atoms with Gasteiger partial charge in [0, 0.05) is 25.7 Å². The number of anilines is 1. The van der Waals surface area contributed by atoms with Crippen molar-refractivity contribution >= 4 is 21.7 Å². The fraction of sp³-hybridized carbons (Fsp3) is 0.750. The maximum Gasteiger partial charge on any atom is 0.127 e. The minimum absolute atomic E-state index is 0.107. The van der Waals surface area contributed by atoms with E-state index in [0.717, 1.165) is 68.6 Å². The molecule has 0 aromatic carbocycles. The average Bonchev–Trinajstić information content (AvgIpc) is 2.51. The number of aliphatic hydroxyl groups is 1. The largest absolute Gasteiger partial charge is 0.393 e. The van der Waals surface area contributed by atoms with Crippen LogP contribution in [0.5, 0.6) is 0 Å². The highest BCUT2D eigenvalue weighted by Crippen LogP contribution is 2.23. The lowest BCUT2D eigenvalue weighted by atomic mass is 9.95. The summed E-state index contributed by atoms with van der Waals surface area (Å²) in [6.07, 6.45) is 6.64. The lowest BCUT2D eigenvalue weighted by Gasteiger charge is -2.35. The highest BCUT2D eigenvalue weighted by Gasteiger charge is 2.22. The highest BCUT2D eigenvalue weighted by molar-refractivity contribution is 9.10. The summed E-state index contributed by atoms with van der Waals surface area (Å²) in [6, 6.07) is 4.74. The van der Waals surface area contributed by atoms with Crippen molar-refractivity contribution in [1.29, 1.82) is 0 Å². The van der Waals surface area contributed by atoms with Crippen LogP contribution in [-0.2, 0) is 11.3 Å². The molecule has 146 valence electrons. The van der Waals surface area contributed by atoms with E-state index in [1.807, 2.05) is 0 Å². The molecule has 0 unspecified atom stereocenters. The van der Waals surface area contributed by atoms with E-state index in [2.05, 4.69) is 57.1 Å². The van der Waals surface area contributed by atoms with Gasteiger partial charge in [0.2, 0.25) is 0 Å². The third-order valence-corrected chi connectivity index (χ3v) is 5.69. The Morgan fingerprint density at radius 3 is 2.46 bits per heavy atom. The van der Waals surface area contributed by atoms with Crippen LogP contribution in [0.1, 0.15) is 57.9 Å². The molecule has 1 aliphatic carbocycles. The number of ether oxygens (including phenoxy) is 1. The van der Waals surface area contributed by atoms with Crippen LogP contribution in [0.2, 0.25) is 0 Å². The fourth-order valence-electron chi connectivity index (χ4n) is 4.23. The van der Waals surface area contributed by atoms with Gasteiger partial charge >= 0.3 is 0 Å². The highest BCUT2D eigenvalue weighted by atomic mass is 79.9. The third kappa shape index (κ3) is 6.19. The van der Waals surface area contributed by atoms with Gasteiger partial charge in [0.15, 0.2) is 0 Å². The van der Waals surface area contributed by atoms with E-state index in [9.17, 15) is 5.11 Å². The number of aliphatic hydroxyl groups excluding tert-OH is 1. The van der Waals surface area contributed by atoms with Crippen molar-refractivity contribution in [2.75, 3.05) is 18.4 Å². The molecule has 1 saturated heterocycles. The zero-order valence-electron chi connectivity index (χ0n) is 16.0. The first-order valence-electron chi connectivity index (χ1n) is 9.97. The molecule has 2 aliphatic rings. The van der Waals surface area contributed by atoms with Gasteiger partial charge in [0.1, 0.15) is 10.4 Å². The number of rotatable bonds is 4. The topological polar surface area (TPSA) is 57.6 Å². The summed E-state index contributed by atoms with van der Waals surface area (Å²) in [5.74, 6) is 0.954. The summed E-state index contributed by atoms with van der Waals surface area (Å²) in [5.41, 5.74) is 1.27. The Morgan fingerprint density at radius 2 is 1.81 bits per heavy atom. The first-order chi connectivity index (χ1) is 12.5. The standard InChI is InChI=1S/C20H32BrN3O2/c1-14-11-24(12-15(2)26-14)13-16-9-19(21)23-20(10-16)22-17-5-3-7-18(25)8-4-6-17/h9-10,14-15,17-18,25H,3-8,11-13H2,1-2H3,(H,22,23)/t14-,15+,17?,18?. The maximum atomic E-state index is 9.80. The van der Waals surface area contributed by atoms with Crippen LogP contribution in [0.25, 0.3) is 0 Å². The first-order valence-corrected chi connectivity index (χ1v) is 10.8. The van der Waals surface area contributed by atoms with Gasteiger partial charge in [-0.15, -0.1) is 0 Å². The number of hydrogen-bond donors (Lipinski definition) is 2. The Kier molecular flexibility index (Phi) is 7.32. The van der Waals surface area contributed by atoms with Crippen molar-refractivity contribution in [3.8, 4) is 0 Å². The molecule has 0 radical (unpaired) electrons. The smallest absolute Gasteiger partial charge is 0.127 e. The van der Waals surface area contributed by atoms with E-state index in [-0.39, 0.29) is 18.3 Å². The van der Waals surface area contributed by atoms with Gasteiger partial charge in [-0.25, -0.2) is 4.98 Å². The Bertz CT molecular complexity index is 566. The normalized spacial score (nSPS) is 31.2. The van der Waals surface area contributed by atoms with E-state index in [1.54, 1.807) is 0 Å². The Morgan fingerprint density at radius 1 is 1.15 bits per heavy atom. The fourth-order valence-corrected chi connectivity index (χ4v) is 4.71. The molecule has 6 heteroatoms. The SMILES string of the molecule is C[C@@H]1CN(Cc2cc(Br)nc(NC3CCCC(O)CCC3)c2)C[C@H](C)O1. The predicted octanol–water partition coefficient (Wildman–Crippen LogP) is 3.95. The van der Waals surface area contributed by atoms with Crippen molar-refractivity contribution in [3.05, 3.63) is 22.3 Å². The van der Waals surface area contributed by atoms with Crippen LogP contribution >= 0.6 is 15.9 Å². The number of pyridine rings is 1. The zero-order valence-corrected chi connectivity index (χ0v) is 17.5. The van der Waals surface area contributed by atoms with Crippen molar-refractivity contribution in [3.63, 3.8) is 0 Å². The molecule has 2 atom stereocenters. The van der Waals surface area contributed by atoms with Crippen LogP contribution in [0.4, 0.5) is 5.82 Å². The number of hydrogen-bond acceptors (Lipinski definition) is 5. The molecule has 5 nitrogen and oxygen atoms in total. The number of aromatic nitrogens is 1. The molecule has 2 heterocycles. The molecule has 0 amide bonds. The lowest BCUT2D eigenvalue weighted by Crippen LogP contribution is -2.44. The first kappa shape index (κ1) is 20.1. The number of morpholine rings is 1. The number of halogens is 1. The van der Waals surface area contributed by atoms with Crippen molar-refractivity contribution in [1.82, 2.24) is 9.88 Å². The van der Waals surface area contributed by atoms with E-state index in [1.165, 1.54) is 5.56 Å². The van der Waals surface area contributed by atoms with Gasteiger partial charge in [0.05, 0.1) is 18.3 Å². The Balaban J connectivity index is 1.61. The summed E-state index contributed by atoms with van der Waals surface area (Å²) in [5, 5.41) is 13.4. The lowest BCUT2D eigenvalue weighted by molar-refractivity contribution is -0.0704. The maximum absolute atomic E-state index is 9.80. The van der Waals surface area contributed by atoms with E-state index < -0.39 is 0 Å². The second kappa shape index (κ2) is 9.49. The van der Waals surface area contributed by atoms with Crippen molar-refractivity contribution in [2.24, 2.45) is 0 Å². The molecular formula is C20H32BrN3O2. The zero-order chi connectivity index (χ0) is 18.5. The molecule has 2 fully saturated rings. The molecule has 0 spiro atoms. The Labute approximate surface area is 165 Å². The molecule has 26 heavy (non-hydrogen) atoms. The van der Waals surface area contributed by atoms with Gasteiger partial charge in [-0.1, -0.05) is 0 Å². The molecule has 1 aromatic rings. The van der Waals surface area contributed by atoms with E-state index in [0.29, 0.717) is 6.04 Å². The van der Waals surface area contributed by atoms with Crippen LogP contribution in [0.3, 0.4) is 0 Å². The van der Waals surface area contributed by atoms with Gasteiger partial charge in [-0.2, -0.15) is 0 Å². The molecular weight excluding hydrogens is 394 g/mol.